The van der Waals surface area contributed by atoms with Crippen molar-refractivity contribution in [3.05, 3.63) is 60.0 Å². The molecule has 3 aromatic rings. The van der Waals surface area contributed by atoms with Gasteiger partial charge in [0.25, 0.3) is 0 Å². The van der Waals surface area contributed by atoms with Crippen molar-refractivity contribution in [2.75, 3.05) is 5.01 Å². The first-order valence-electron chi connectivity index (χ1n) is 8.13. The fourth-order valence-corrected chi connectivity index (χ4v) is 2.88. The van der Waals surface area contributed by atoms with Crippen LogP contribution in [0.5, 0.6) is 0 Å². The number of carbonyl (C=O) groups is 2. The van der Waals surface area contributed by atoms with Crippen molar-refractivity contribution in [3.63, 3.8) is 0 Å². The van der Waals surface area contributed by atoms with Crippen molar-refractivity contribution in [1.29, 1.82) is 0 Å². The van der Waals surface area contributed by atoms with E-state index in [2.05, 4.69) is 10.4 Å². The van der Waals surface area contributed by atoms with Gasteiger partial charge in [0.2, 0.25) is 5.91 Å². The molecule has 7 nitrogen and oxygen atoms in total. The first kappa shape index (κ1) is 17.5. The van der Waals surface area contributed by atoms with Crippen molar-refractivity contribution in [2.45, 2.75) is 26.3 Å². The number of carbonyl (C=O) groups excluding carboxylic acids is 1. The topological polar surface area (TPSA) is 95.7 Å². The van der Waals surface area contributed by atoms with E-state index in [0.29, 0.717) is 16.8 Å². The Balaban J connectivity index is 2.06. The molecule has 0 aliphatic heterocycles. The SMILES string of the molecule is CC(=O)NN(c1cccc2ocnc12)C(Cc1ccccc1C)C(=O)O. The molecule has 1 unspecified atom stereocenters. The number of nitrogens with one attached hydrogen (secondary N) is 1. The van der Waals surface area contributed by atoms with Gasteiger partial charge in [0.1, 0.15) is 5.52 Å². The number of nitrogens with zero attached hydrogens (tertiary/aromatic N) is 2. The standard InChI is InChI=1S/C19H19N3O4/c1-12-6-3-4-7-14(12)10-16(19(24)25)22(21-13(2)23)15-8-5-9-17-18(15)20-11-26-17/h3-9,11,16H,10H2,1-2H3,(H,21,23)(H,24,25). The predicted octanol–water partition coefficient (Wildman–Crippen LogP) is 2.69. The summed E-state index contributed by atoms with van der Waals surface area (Å²) in [7, 11) is 0. The highest BCUT2D eigenvalue weighted by Crippen LogP contribution is 2.27. The van der Waals surface area contributed by atoms with Crippen LogP contribution in [0.2, 0.25) is 0 Å². The van der Waals surface area contributed by atoms with E-state index < -0.39 is 12.0 Å². The van der Waals surface area contributed by atoms with Gasteiger partial charge in [0.15, 0.2) is 18.0 Å². The van der Waals surface area contributed by atoms with Gasteiger partial charge in [-0.25, -0.2) is 9.78 Å². The number of hydrogen-bond donors (Lipinski definition) is 2. The number of amides is 1. The molecule has 7 heteroatoms. The fraction of sp³-hybridized carbons (Fsp3) is 0.211. The second-order valence-corrected chi connectivity index (χ2v) is 6.00. The second-order valence-electron chi connectivity index (χ2n) is 6.00. The van der Waals surface area contributed by atoms with Crippen LogP contribution in [0.25, 0.3) is 11.1 Å². The Morgan fingerprint density at radius 2 is 2.00 bits per heavy atom. The zero-order chi connectivity index (χ0) is 18.7. The number of aliphatic carboxylic acids is 1. The molecule has 0 saturated carbocycles. The Bertz CT molecular complexity index is 951. The largest absolute Gasteiger partial charge is 0.480 e. The highest BCUT2D eigenvalue weighted by Gasteiger charge is 2.29. The number of hydrogen-bond acceptors (Lipinski definition) is 5. The molecule has 1 amide bonds. The average Bonchev–Trinajstić information content (AvgIpc) is 3.07. The highest BCUT2D eigenvalue weighted by molar-refractivity contribution is 5.91. The Morgan fingerprint density at radius 1 is 1.23 bits per heavy atom. The van der Waals surface area contributed by atoms with Crippen LogP contribution in [-0.4, -0.2) is 28.0 Å². The molecule has 134 valence electrons. The summed E-state index contributed by atoms with van der Waals surface area (Å²) < 4.78 is 5.29. The summed E-state index contributed by atoms with van der Waals surface area (Å²) in [6.07, 6.45) is 1.51. The van der Waals surface area contributed by atoms with Crippen LogP contribution in [0.4, 0.5) is 5.69 Å². The molecular weight excluding hydrogens is 334 g/mol. The monoisotopic (exact) mass is 353 g/mol. The van der Waals surface area contributed by atoms with Gasteiger partial charge >= 0.3 is 5.97 Å². The van der Waals surface area contributed by atoms with Crippen LogP contribution in [0, 0.1) is 6.92 Å². The van der Waals surface area contributed by atoms with Crippen LogP contribution >= 0.6 is 0 Å². The molecule has 1 aromatic heterocycles. The lowest BCUT2D eigenvalue weighted by molar-refractivity contribution is -0.138. The van der Waals surface area contributed by atoms with Crippen LogP contribution in [0.1, 0.15) is 18.1 Å². The molecule has 0 fully saturated rings. The van der Waals surface area contributed by atoms with Gasteiger partial charge in [-0.3, -0.25) is 15.2 Å². The van der Waals surface area contributed by atoms with Crippen molar-refractivity contribution >= 4 is 28.7 Å². The van der Waals surface area contributed by atoms with Crippen LogP contribution in [-0.2, 0) is 16.0 Å². The van der Waals surface area contributed by atoms with Gasteiger partial charge < -0.3 is 9.52 Å². The minimum absolute atomic E-state index is 0.219. The number of para-hydroxylation sites is 1. The third kappa shape index (κ3) is 3.51. The third-order valence-electron chi connectivity index (χ3n) is 4.15. The van der Waals surface area contributed by atoms with E-state index in [1.807, 2.05) is 31.2 Å². The summed E-state index contributed by atoms with van der Waals surface area (Å²) in [4.78, 5) is 28.0. The van der Waals surface area contributed by atoms with Gasteiger partial charge in [0.05, 0.1) is 5.69 Å². The molecule has 0 aliphatic rings. The Kier molecular flexibility index (Phi) is 4.88. The number of hydrazine groups is 1. The normalized spacial score (nSPS) is 11.9. The smallest absolute Gasteiger partial charge is 0.328 e. The molecule has 0 radical (unpaired) electrons. The first-order valence-corrected chi connectivity index (χ1v) is 8.13. The molecule has 2 aromatic carbocycles. The molecule has 2 N–H and O–H groups in total. The number of aromatic nitrogens is 1. The molecule has 0 aliphatic carbocycles. The summed E-state index contributed by atoms with van der Waals surface area (Å²) >= 11 is 0. The molecule has 1 heterocycles. The van der Waals surface area contributed by atoms with Gasteiger partial charge in [-0.1, -0.05) is 30.3 Å². The van der Waals surface area contributed by atoms with Gasteiger partial charge in [-0.15, -0.1) is 0 Å². The van der Waals surface area contributed by atoms with Crippen LogP contribution in [0.3, 0.4) is 0 Å². The summed E-state index contributed by atoms with van der Waals surface area (Å²) in [5.41, 5.74) is 5.97. The number of oxazole rings is 1. The molecule has 26 heavy (non-hydrogen) atoms. The zero-order valence-electron chi connectivity index (χ0n) is 14.5. The maximum absolute atomic E-state index is 12.0. The Labute approximate surface area is 150 Å². The number of carboxylic acid groups (broad SMARTS) is 1. The molecule has 0 spiro atoms. The van der Waals surface area contributed by atoms with E-state index in [1.54, 1.807) is 18.2 Å². The van der Waals surface area contributed by atoms with E-state index in [9.17, 15) is 14.7 Å². The van der Waals surface area contributed by atoms with Gasteiger partial charge in [-0.05, 0) is 30.2 Å². The van der Waals surface area contributed by atoms with Crippen LogP contribution in [0.15, 0.2) is 53.3 Å². The second kappa shape index (κ2) is 7.26. The van der Waals surface area contributed by atoms with Crippen molar-refractivity contribution in [2.24, 2.45) is 0 Å². The summed E-state index contributed by atoms with van der Waals surface area (Å²) in [5.74, 6) is -1.43. The Hall–Kier alpha value is -3.35. The molecular formula is C19H19N3O4. The predicted molar refractivity (Wildman–Crippen MR) is 96.6 cm³/mol. The Morgan fingerprint density at radius 3 is 2.69 bits per heavy atom. The fourth-order valence-electron chi connectivity index (χ4n) is 2.88. The van der Waals surface area contributed by atoms with Crippen LogP contribution < -0.4 is 10.4 Å². The maximum Gasteiger partial charge on any atom is 0.328 e. The van der Waals surface area contributed by atoms with Gasteiger partial charge in [0, 0.05) is 13.3 Å². The highest BCUT2D eigenvalue weighted by atomic mass is 16.4. The first-order chi connectivity index (χ1) is 12.5. The molecule has 0 saturated heterocycles. The number of benzene rings is 2. The van der Waals surface area contributed by atoms with Crippen molar-refractivity contribution in [3.8, 4) is 0 Å². The van der Waals surface area contributed by atoms with Crippen molar-refractivity contribution in [1.82, 2.24) is 10.4 Å². The van der Waals surface area contributed by atoms with Crippen molar-refractivity contribution < 1.29 is 19.1 Å². The number of rotatable bonds is 6. The number of anilines is 1. The zero-order valence-corrected chi connectivity index (χ0v) is 14.5. The third-order valence-corrected chi connectivity index (χ3v) is 4.15. The minimum Gasteiger partial charge on any atom is -0.480 e. The molecule has 3 rings (SSSR count). The van der Waals surface area contributed by atoms with E-state index in [0.717, 1.165) is 11.1 Å². The average molecular weight is 353 g/mol. The van der Waals surface area contributed by atoms with Gasteiger partial charge in [-0.2, -0.15) is 0 Å². The number of carboxylic acids is 1. The lowest BCUT2D eigenvalue weighted by atomic mass is 10.0. The van der Waals surface area contributed by atoms with E-state index >= 15 is 0 Å². The molecule has 1 atom stereocenters. The lowest BCUT2D eigenvalue weighted by Crippen LogP contribution is -2.52. The van der Waals surface area contributed by atoms with E-state index in [4.69, 9.17) is 4.42 Å². The summed E-state index contributed by atoms with van der Waals surface area (Å²) in [5, 5.41) is 11.2. The summed E-state index contributed by atoms with van der Waals surface area (Å²) in [6, 6.07) is 11.7. The van der Waals surface area contributed by atoms with E-state index in [-0.39, 0.29) is 12.3 Å². The summed E-state index contributed by atoms with van der Waals surface area (Å²) in [6.45, 7) is 3.26. The quantitative estimate of drug-likeness (QED) is 0.662. The van der Waals surface area contributed by atoms with E-state index in [1.165, 1.54) is 18.3 Å². The number of fused-ring (bicyclic) bond motifs is 1. The lowest BCUT2D eigenvalue weighted by Gasteiger charge is -2.31. The molecule has 0 bridgehead atoms. The number of aryl methyl sites for hydroxylation is 1. The maximum atomic E-state index is 12.0. The minimum atomic E-state index is -1.05.